The topological polar surface area (TPSA) is 110 Å². The van der Waals surface area contributed by atoms with E-state index >= 15 is 0 Å². The van der Waals surface area contributed by atoms with Crippen molar-refractivity contribution >= 4 is 13.6 Å². The van der Waals surface area contributed by atoms with Gasteiger partial charge in [0.15, 0.2) is 0 Å². The number of hydrogen-bond donors (Lipinski definition) is 3. The van der Waals surface area contributed by atoms with Crippen molar-refractivity contribution in [2.24, 2.45) is 5.73 Å². The Balaban J connectivity index is 4.35. The van der Waals surface area contributed by atoms with Gasteiger partial charge in [-0.25, -0.2) is 0 Å². The van der Waals surface area contributed by atoms with Crippen LogP contribution >= 0.6 is 7.60 Å². The Morgan fingerprint density at radius 2 is 2.13 bits per heavy atom. The molecule has 0 unspecified atom stereocenters. The Morgan fingerprint density at radius 3 is 2.53 bits per heavy atom. The molecule has 0 aliphatic rings. The predicted octanol–water partition coefficient (Wildman–Crippen LogP) is 0.000800. The summed E-state index contributed by atoms with van der Waals surface area (Å²) < 4.78 is 15.2. The molecule has 0 aromatic carbocycles. The summed E-state index contributed by atoms with van der Waals surface area (Å²) in [5.74, 6) is -0.609. The first kappa shape index (κ1) is 14.3. The van der Waals surface area contributed by atoms with Crippen molar-refractivity contribution in [3.8, 4) is 0 Å². The van der Waals surface area contributed by atoms with Crippen LogP contribution in [0.2, 0.25) is 0 Å². The van der Waals surface area contributed by atoms with Crippen LogP contribution in [0.5, 0.6) is 0 Å². The molecule has 0 amide bonds. The van der Waals surface area contributed by atoms with E-state index in [9.17, 15) is 9.36 Å². The minimum atomic E-state index is -4.10. The fourth-order valence-corrected chi connectivity index (χ4v) is 1.75. The summed E-state index contributed by atoms with van der Waals surface area (Å²) in [6, 6.07) is -0.975. The Labute approximate surface area is 88.3 Å². The van der Waals surface area contributed by atoms with Gasteiger partial charge >= 0.3 is 13.6 Å². The molecule has 88 valence electrons. The zero-order chi connectivity index (χ0) is 12.1. The molecular formula is C8H16NO5P. The highest BCUT2D eigenvalue weighted by Gasteiger charge is 2.16. The first-order valence-electron chi connectivity index (χ1n) is 4.40. The minimum Gasteiger partial charge on any atom is -0.465 e. The van der Waals surface area contributed by atoms with Crippen LogP contribution < -0.4 is 5.73 Å². The molecule has 0 bridgehead atoms. The number of ether oxygens (including phenoxy) is 1. The van der Waals surface area contributed by atoms with E-state index in [1.165, 1.54) is 13.0 Å². The summed E-state index contributed by atoms with van der Waals surface area (Å²) in [4.78, 5) is 28.4. The standard InChI is InChI=1S/C8H16NO5P/c1-3-14-8(10)7(9)4-6(2)5-15(11,12)13/h4,7H,3,5,9H2,1-2H3,(H2,11,12,13)/b6-4+/t7-/m1/s1. The van der Waals surface area contributed by atoms with E-state index in [0.29, 0.717) is 5.57 Å². The molecule has 0 aliphatic heterocycles. The lowest BCUT2D eigenvalue weighted by atomic mass is 10.2. The minimum absolute atomic E-state index is 0.220. The molecule has 0 fully saturated rings. The molecule has 0 aliphatic carbocycles. The molecule has 7 heteroatoms. The maximum Gasteiger partial charge on any atom is 0.329 e. The number of nitrogens with two attached hydrogens (primary N) is 1. The highest BCUT2D eigenvalue weighted by molar-refractivity contribution is 7.52. The Morgan fingerprint density at radius 1 is 1.60 bits per heavy atom. The molecule has 4 N–H and O–H groups in total. The summed E-state index contributed by atoms with van der Waals surface area (Å²) in [6.07, 6.45) is 0.886. The van der Waals surface area contributed by atoms with Crippen molar-refractivity contribution in [3.63, 3.8) is 0 Å². The van der Waals surface area contributed by atoms with Crippen molar-refractivity contribution in [2.45, 2.75) is 19.9 Å². The van der Waals surface area contributed by atoms with Crippen molar-refractivity contribution in [3.05, 3.63) is 11.6 Å². The third kappa shape index (κ3) is 7.27. The molecule has 0 rings (SSSR count). The van der Waals surface area contributed by atoms with Crippen LogP contribution in [0.4, 0.5) is 0 Å². The molecule has 0 aromatic heterocycles. The third-order valence-corrected chi connectivity index (χ3v) is 2.39. The number of carbonyl (C=O) groups is 1. The molecule has 0 saturated carbocycles. The van der Waals surface area contributed by atoms with Gasteiger partial charge in [-0.05, 0) is 13.8 Å². The normalized spacial score (nSPS) is 14.9. The van der Waals surface area contributed by atoms with Gasteiger partial charge in [-0.3, -0.25) is 9.36 Å². The maximum atomic E-state index is 11.1. The lowest BCUT2D eigenvalue weighted by Gasteiger charge is -2.08. The van der Waals surface area contributed by atoms with Gasteiger partial charge in [0.1, 0.15) is 6.04 Å². The quantitative estimate of drug-likeness (QED) is 0.352. The molecule has 1 atom stereocenters. The van der Waals surface area contributed by atoms with Gasteiger partial charge < -0.3 is 20.3 Å². The maximum absolute atomic E-state index is 11.1. The number of esters is 1. The Kier molecular flexibility index (Phi) is 5.75. The number of allylic oxidation sites excluding steroid dienone is 1. The van der Waals surface area contributed by atoms with Crippen LogP contribution in [0.1, 0.15) is 13.8 Å². The van der Waals surface area contributed by atoms with Gasteiger partial charge in [-0.2, -0.15) is 0 Å². The van der Waals surface area contributed by atoms with E-state index in [1.54, 1.807) is 6.92 Å². The number of carbonyl (C=O) groups excluding carboxylic acids is 1. The van der Waals surface area contributed by atoms with Crippen molar-refractivity contribution in [1.29, 1.82) is 0 Å². The van der Waals surface area contributed by atoms with E-state index in [2.05, 4.69) is 4.74 Å². The molecule has 0 spiro atoms. The zero-order valence-corrected chi connectivity index (χ0v) is 9.61. The van der Waals surface area contributed by atoms with Crippen LogP contribution in [0, 0.1) is 0 Å². The zero-order valence-electron chi connectivity index (χ0n) is 8.71. The van der Waals surface area contributed by atoms with E-state index in [4.69, 9.17) is 15.5 Å². The largest absolute Gasteiger partial charge is 0.465 e. The molecule has 0 saturated heterocycles. The first-order valence-corrected chi connectivity index (χ1v) is 6.20. The van der Waals surface area contributed by atoms with Gasteiger partial charge in [0.25, 0.3) is 0 Å². The second kappa shape index (κ2) is 6.02. The van der Waals surface area contributed by atoms with Gasteiger partial charge in [-0.1, -0.05) is 11.6 Å². The van der Waals surface area contributed by atoms with Crippen LogP contribution in [0.15, 0.2) is 11.6 Å². The van der Waals surface area contributed by atoms with Gasteiger partial charge in [0.2, 0.25) is 0 Å². The average molecular weight is 237 g/mol. The third-order valence-electron chi connectivity index (χ3n) is 1.48. The van der Waals surface area contributed by atoms with Gasteiger partial charge in [-0.15, -0.1) is 0 Å². The van der Waals surface area contributed by atoms with E-state index in [0.717, 1.165) is 0 Å². The van der Waals surface area contributed by atoms with Crippen LogP contribution in [-0.4, -0.2) is 34.6 Å². The fourth-order valence-electron chi connectivity index (χ4n) is 0.991. The monoisotopic (exact) mass is 237 g/mol. The average Bonchev–Trinajstić information content (AvgIpc) is 2.00. The lowest BCUT2D eigenvalue weighted by molar-refractivity contribution is -0.143. The molecule has 15 heavy (non-hydrogen) atoms. The lowest BCUT2D eigenvalue weighted by Crippen LogP contribution is -2.30. The molecule has 0 heterocycles. The molecule has 0 aromatic rings. The summed E-state index contributed by atoms with van der Waals surface area (Å²) in [7, 11) is -4.10. The molecule has 0 radical (unpaired) electrons. The summed E-state index contributed by atoms with van der Waals surface area (Å²) in [6.45, 7) is 3.37. The van der Waals surface area contributed by atoms with Crippen LogP contribution in [-0.2, 0) is 14.1 Å². The Hall–Kier alpha value is -0.680. The summed E-state index contributed by atoms with van der Waals surface area (Å²) in [5.41, 5.74) is 5.78. The summed E-state index contributed by atoms with van der Waals surface area (Å²) >= 11 is 0. The SMILES string of the molecule is CCOC(=O)[C@H](N)/C=C(\C)CP(=O)(O)O. The molecule has 6 nitrogen and oxygen atoms in total. The predicted molar refractivity (Wildman–Crippen MR) is 55.3 cm³/mol. The van der Waals surface area contributed by atoms with E-state index in [-0.39, 0.29) is 6.61 Å². The van der Waals surface area contributed by atoms with Crippen LogP contribution in [0.25, 0.3) is 0 Å². The highest BCUT2D eigenvalue weighted by atomic mass is 31.2. The Bertz CT molecular complexity index is 295. The first-order chi connectivity index (χ1) is 6.76. The second-order valence-corrected chi connectivity index (χ2v) is 4.76. The fraction of sp³-hybridized carbons (Fsp3) is 0.625. The number of rotatable bonds is 5. The van der Waals surface area contributed by atoms with E-state index < -0.39 is 25.8 Å². The van der Waals surface area contributed by atoms with Crippen molar-refractivity contribution in [1.82, 2.24) is 0 Å². The smallest absolute Gasteiger partial charge is 0.329 e. The second-order valence-electron chi connectivity index (χ2n) is 3.11. The van der Waals surface area contributed by atoms with Gasteiger partial charge in [0.05, 0.1) is 12.8 Å². The van der Waals surface area contributed by atoms with Crippen LogP contribution in [0.3, 0.4) is 0 Å². The number of hydrogen-bond acceptors (Lipinski definition) is 4. The van der Waals surface area contributed by atoms with Crippen molar-refractivity contribution < 1.29 is 23.9 Å². The summed E-state index contributed by atoms with van der Waals surface area (Å²) in [5, 5.41) is 0. The van der Waals surface area contributed by atoms with Gasteiger partial charge in [0, 0.05) is 0 Å². The highest BCUT2D eigenvalue weighted by Crippen LogP contribution is 2.36. The van der Waals surface area contributed by atoms with Crippen molar-refractivity contribution in [2.75, 3.05) is 12.8 Å². The molecular weight excluding hydrogens is 221 g/mol. The van der Waals surface area contributed by atoms with E-state index in [1.807, 2.05) is 0 Å².